The zero-order valence-electron chi connectivity index (χ0n) is 9.11. The van der Waals surface area contributed by atoms with Crippen molar-refractivity contribution >= 4 is 11.9 Å². The van der Waals surface area contributed by atoms with Gasteiger partial charge in [-0.1, -0.05) is 13.3 Å². The lowest BCUT2D eigenvalue weighted by molar-refractivity contribution is -0.140. The SMILES string of the molecule is CCCC(CCCC(N)=O)C(N)C(=O)O. The van der Waals surface area contributed by atoms with E-state index >= 15 is 0 Å². The number of primary amides is 1. The Hall–Kier alpha value is -1.10. The van der Waals surface area contributed by atoms with E-state index in [4.69, 9.17) is 16.6 Å². The van der Waals surface area contributed by atoms with Crippen molar-refractivity contribution < 1.29 is 14.7 Å². The first-order valence-electron chi connectivity index (χ1n) is 5.25. The van der Waals surface area contributed by atoms with Gasteiger partial charge in [-0.15, -0.1) is 0 Å². The summed E-state index contributed by atoms with van der Waals surface area (Å²) in [6.07, 6.45) is 3.21. The van der Waals surface area contributed by atoms with Crippen molar-refractivity contribution in [1.29, 1.82) is 0 Å². The molecule has 0 saturated heterocycles. The number of amides is 1. The van der Waals surface area contributed by atoms with Crippen molar-refractivity contribution in [3.63, 3.8) is 0 Å². The highest BCUT2D eigenvalue weighted by molar-refractivity contribution is 5.74. The van der Waals surface area contributed by atoms with Crippen molar-refractivity contribution in [2.24, 2.45) is 17.4 Å². The summed E-state index contributed by atoms with van der Waals surface area (Å²) in [6, 6.07) is -0.835. The minimum atomic E-state index is -0.979. The third-order valence-electron chi connectivity index (χ3n) is 2.45. The van der Waals surface area contributed by atoms with Crippen molar-refractivity contribution in [3.05, 3.63) is 0 Å². The van der Waals surface area contributed by atoms with Gasteiger partial charge in [0.25, 0.3) is 0 Å². The van der Waals surface area contributed by atoms with Crippen LogP contribution in [0.2, 0.25) is 0 Å². The fourth-order valence-corrected chi connectivity index (χ4v) is 1.61. The normalized spacial score (nSPS) is 14.5. The first-order valence-corrected chi connectivity index (χ1v) is 5.25. The second kappa shape index (κ2) is 7.23. The number of nitrogens with two attached hydrogens (primary N) is 2. The van der Waals surface area contributed by atoms with Crippen LogP contribution in [0.3, 0.4) is 0 Å². The van der Waals surface area contributed by atoms with Crippen LogP contribution in [0.15, 0.2) is 0 Å². The molecule has 0 heterocycles. The third kappa shape index (κ3) is 6.06. The Morgan fingerprint density at radius 3 is 2.33 bits per heavy atom. The summed E-state index contributed by atoms with van der Waals surface area (Å²) in [6.45, 7) is 1.98. The molecule has 5 nitrogen and oxygen atoms in total. The summed E-state index contributed by atoms with van der Waals surface area (Å²) in [7, 11) is 0. The maximum absolute atomic E-state index is 10.7. The molecular weight excluding hydrogens is 196 g/mol. The molecule has 0 saturated carbocycles. The van der Waals surface area contributed by atoms with Crippen molar-refractivity contribution in [2.75, 3.05) is 0 Å². The Labute approximate surface area is 89.8 Å². The molecule has 0 aliphatic carbocycles. The van der Waals surface area contributed by atoms with E-state index in [0.29, 0.717) is 19.3 Å². The van der Waals surface area contributed by atoms with Gasteiger partial charge in [-0.05, 0) is 25.2 Å². The van der Waals surface area contributed by atoms with E-state index in [1.807, 2.05) is 6.92 Å². The molecule has 0 aliphatic heterocycles. The van der Waals surface area contributed by atoms with Gasteiger partial charge in [0.15, 0.2) is 0 Å². The van der Waals surface area contributed by atoms with Gasteiger partial charge in [0.1, 0.15) is 6.04 Å². The fourth-order valence-electron chi connectivity index (χ4n) is 1.61. The molecule has 0 radical (unpaired) electrons. The van der Waals surface area contributed by atoms with E-state index in [1.165, 1.54) is 0 Å². The van der Waals surface area contributed by atoms with Crippen LogP contribution in [0.1, 0.15) is 39.0 Å². The standard InChI is InChI=1S/C10H20N2O3/c1-2-4-7(9(12)10(14)15)5-3-6-8(11)13/h7,9H,2-6,12H2,1H3,(H2,11,13)(H,14,15). The molecule has 0 bridgehead atoms. The second-order valence-electron chi connectivity index (χ2n) is 3.77. The summed E-state index contributed by atoms with van der Waals surface area (Å²) in [4.78, 5) is 21.2. The summed E-state index contributed by atoms with van der Waals surface area (Å²) in [5.74, 6) is -1.39. The zero-order chi connectivity index (χ0) is 11.8. The maximum Gasteiger partial charge on any atom is 0.320 e. The van der Waals surface area contributed by atoms with Gasteiger partial charge in [-0.25, -0.2) is 0 Å². The van der Waals surface area contributed by atoms with Crippen LogP contribution in [-0.2, 0) is 9.59 Å². The first kappa shape index (κ1) is 13.9. The monoisotopic (exact) mass is 216 g/mol. The predicted octanol–water partition coefficient (Wildman–Crippen LogP) is 0.470. The van der Waals surface area contributed by atoms with Gasteiger partial charge in [-0.3, -0.25) is 9.59 Å². The average Bonchev–Trinajstić information content (AvgIpc) is 2.14. The van der Waals surface area contributed by atoms with E-state index in [2.05, 4.69) is 0 Å². The molecule has 0 aliphatic rings. The largest absolute Gasteiger partial charge is 0.480 e. The van der Waals surface area contributed by atoms with Gasteiger partial charge < -0.3 is 16.6 Å². The van der Waals surface area contributed by atoms with Crippen LogP contribution < -0.4 is 11.5 Å². The highest BCUT2D eigenvalue weighted by Crippen LogP contribution is 2.17. The van der Waals surface area contributed by atoms with E-state index < -0.39 is 12.0 Å². The van der Waals surface area contributed by atoms with Crippen molar-refractivity contribution in [2.45, 2.75) is 45.1 Å². The van der Waals surface area contributed by atoms with Crippen LogP contribution >= 0.6 is 0 Å². The molecule has 0 aromatic rings. The van der Waals surface area contributed by atoms with Crippen molar-refractivity contribution in [3.8, 4) is 0 Å². The zero-order valence-corrected chi connectivity index (χ0v) is 9.11. The molecule has 0 fully saturated rings. The minimum Gasteiger partial charge on any atom is -0.480 e. The molecule has 2 atom stereocenters. The highest BCUT2D eigenvalue weighted by atomic mass is 16.4. The van der Waals surface area contributed by atoms with Crippen LogP contribution in [0.5, 0.6) is 0 Å². The molecule has 0 spiro atoms. The number of carbonyl (C=O) groups excluding carboxylic acids is 1. The number of aliphatic carboxylic acids is 1. The molecule has 2 unspecified atom stereocenters. The third-order valence-corrected chi connectivity index (χ3v) is 2.45. The lowest BCUT2D eigenvalue weighted by atomic mass is 9.90. The predicted molar refractivity (Wildman–Crippen MR) is 57.1 cm³/mol. The smallest absolute Gasteiger partial charge is 0.320 e. The molecule has 5 N–H and O–H groups in total. The quantitative estimate of drug-likeness (QED) is 0.548. The Morgan fingerprint density at radius 1 is 1.33 bits per heavy atom. The van der Waals surface area contributed by atoms with E-state index in [0.717, 1.165) is 12.8 Å². The Kier molecular flexibility index (Phi) is 6.70. The fraction of sp³-hybridized carbons (Fsp3) is 0.800. The van der Waals surface area contributed by atoms with E-state index in [-0.39, 0.29) is 11.8 Å². The Bertz CT molecular complexity index is 219. The summed E-state index contributed by atoms with van der Waals surface area (Å²) >= 11 is 0. The lowest BCUT2D eigenvalue weighted by Crippen LogP contribution is -2.38. The minimum absolute atomic E-state index is 0.0631. The molecule has 0 aromatic heterocycles. The molecule has 1 amide bonds. The molecule has 88 valence electrons. The van der Waals surface area contributed by atoms with Crippen LogP contribution in [0.4, 0.5) is 0 Å². The number of carboxylic acid groups (broad SMARTS) is 1. The van der Waals surface area contributed by atoms with Crippen LogP contribution in [0.25, 0.3) is 0 Å². The van der Waals surface area contributed by atoms with Gasteiger partial charge >= 0.3 is 5.97 Å². The number of carbonyl (C=O) groups is 2. The van der Waals surface area contributed by atoms with Gasteiger partial charge in [-0.2, -0.15) is 0 Å². The summed E-state index contributed by atoms with van der Waals surface area (Å²) < 4.78 is 0. The van der Waals surface area contributed by atoms with Gasteiger partial charge in [0, 0.05) is 6.42 Å². The summed E-state index contributed by atoms with van der Waals surface area (Å²) in [5, 5.41) is 8.77. The Balaban J connectivity index is 4.03. The molecule has 0 aromatic carbocycles. The van der Waals surface area contributed by atoms with Gasteiger partial charge in [0.05, 0.1) is 0 Å². The molecular formula is C10H20N2O3. The van der Waals surface area contributed by atoms with Crippen molar-refractivity contribution in [1.82, 2.24) is 0 Å². The average molecular weight is 216 g/mol. The summed E-state index contributed by atoms with van der Waals surface area (Å²) in [5.41, 5.74) is 10.5. The highest BCUT2D eigenvalue weighted by Gasteiger charge is 2.22. The maximum atomic E-state index is 10.7. The van der Waals surface area contributed by atoms with E-state index in [1.54, 1.807) is 0 Å². The second-order valence-corrected chi connectivity index (χ2v) is 3.77. The molecule has 0 rings (SSSR count). The Morgan fingerprint density at radius 2 is 1.93 bits per heavy atom. The molecule has 5 heteroatoms. The number of rotatable bonds is 8. The number of carboxylic acids is 1. The van der Waals surface area contributed by atoms with Gasteiger partial charge in [0.2, 0.25) is 5.91 Å². The number of hydrogen-bond acceptors (Lipinski definition) is 3. The lowest BCUT2D eigenvalue weighted by Gasteiger charge is -2.19. The van der Waals surface area contributed by atoms with Crippen LogP contribution in [0, 0.1) is 5.92 Å². The number of hydrogen-bond donors (Lipinski definition) is 3. The van der Waals surface area contributed by atoms with Crippen LogP contribution in [-0.4, -0.2) is 23.0 Å². The molecule has 15 heavy (non-hydrogen) atoms. The first-order chi connectivity index (χ1) is 6.99. The topological polar surface area (TPSA) is 106 Å². The van der Waals surface area contributed by atoms with E-state index in [9.17, 15) is 9.59 Å².